The van der Waals surface area contributed by atoms with Crippen molar-refractivity contribution in [3.63, 3.8) is 0 Å². The quantitative estimate of drug-likeness (QED) is 0.701. The average Bonchev–Trinajstić information content (AvgIpc) is 2.60. The van der Waals surface area contributed by atoms with E-state index in [1.807, 2.05) is 38.1 Å². The van der Waals surface area contributed by atoms with E-state index < -0.39 is 15.9 Å². The molecule has 0 aromatic heterocycles. The van der Waals surface area contributed by atoms with E-state index in [4.69, 9.17) is 16.3 Å². The molecule has 0 unspecified atom stereocenters. The summed E-state index contributed by atoms with van der Waals surface area (Å²) in [6.07, 6.45) is 1.07. The van der Waals surface area contributed by atoms with Crippen molar-refractivity contribution in [2.45, 2.75) is 26.8 Å². The maximum Gasteiger partial charge on any atom is 0.241 e. The molecule has 0 spiro atoms. The highest BCUT2D eigenvalue weighted by Gasteiger charge is 2.23. The lowest BCUT2D eigenvalue weighted by Gasteiger charge is -2.25. The van der Waals surface area contributed by atoms with Crippen LogP contribution in [0.5, 0.6) is 5.75 Å². The van der Waals surface area contributed by atoms with Crippen LogP contribution in [0.2, 0.25) is 5.02 Å². The van der Waals surface area contributed by atoms with Crippen LogP contribution in [0.25, 0.3) is 0 Å². The van der Waals surface area contributed by atoms with Crippen molar-refractivity contribution in [3.05, 3.63) is 58.6 Å². The fourth-order valence-corrected chi connectivity index (χ4v) is 3.94. The first-order valence-electron chi connectivity index (χ1n) is 8.87. The van der Waals surface area contributed by atoms with Gasteiger partial charge in [-0.15, -0.1) is 0 Å². The summed E-state index contributed by atoms with van der Waals surface area (Å²) in [6.45, 7) is 5.76. The summed E-state index contributed by atoms with van der Waals surface area (Å²) in [4.78, 5) is 12.5. The van der Waals surface area contributed by atoms with Crippen molar-refractivity contribution in [2.24, 2.45) is 0 Å². The second-order valence-electron chi connectivity index (χ2n) is 6.49. The second kappa shape index (κ2) is 9.30. The van der Waals surface area contributed by atoms with Gasteiger partial charge in [0, 0.05) is 5.02 Å². The number of aryl methyl sites for hydroxylation is 1. The van der Waals surface area contributed by atoms with Crippen LogP contribution in [0.1, 0.15) is 31.0 Å². The molecule has 1 atom stereocenters. The number of nitrogens with one attached hydrogen (secondary N) is 1. The van der Waals surface area contributed by atoms with Gasteiger partial charge in [-0.2, -0.15) is 0 Å². The van der Waals surface area contributed by atoms with Crippen molar-refractivity contribution < 1.29 is 17.9 Å². The molecule has 1 amide bonds. The van der Waals surface area contributed by atoms with Crippen molar-refractivity contribution in [3.8, 4) is 5.75 Å². The van der Waals surface area contributed by atoms with E-state index >= 15 is 0 Å². The van der Waals surface area contributed by atoms with Crippen molar-refractivity contribution in [2.75, 3.05) is 23.7 Å². The fraction of sp³-hybridized carbons (Fsp3) is 0.350. The zero-order valence-corrected chi connectivity index (χ0v) is 18.0. The minimum atomic E-state index is -3.65. The molecule has 0 saturated heterocycles. The molecule has 2 rings (SSSR count). The molecule has 2 aromatic rings. The van der Waals surface area contributed by atoms with Crippen molar-refractivity contribution >= 4 is 33.2 Å². The number of hydrogen-bond acceptors (Lipinski definition) is 4. The van der Waals surface area contributed by atoms with Gasteiger partial charge in [0.25, 0.3) is 0 Å². The molecule has 0 aliphatic rings. The van der Waals surface area contributed by atoms with Gasteiger partial charge in [-0.05, 0) is 62.2 Å². The first kappa shape index (κ1) is 22.0. The van der Waals surface area contributed by atoms with Crippen LogP contribution in [-0.4, -0.2) is 33.7 Å². The first-order valence-corrected chi connectivity index (χ1v) is 11.1. The highest BCUT2D eigenvalue weighted by Crippen LogP contribution is 2.25. The molecule has 1 N–H and O–H groups in total. The number of amides is 1. The Morgan fingerprint density at radius 1 is 1.21 bits per heavy atom. The Morgan fingerprint density at radius 2 is 1.86 bits per heavy atom. The van der Waals surface area contributed by atoms with Gasteiger partial charge in [0.05, 0.1) is 24.6 Å². The highest BCUT2D eigenvalue weighted by molar-refractivity contribution is 7.92. The minimum Gasteiger partial charge on any atom is -0.494 e. The third-order valence-electron chi connectivity index (χ3n) is 4.18. The van der Waals surface area contributed by atoms with Crippen LogP contribution in [-0.2, 0) is 14.8 Å². The van der Waals surface area contributed by atoms with Crippen molar-refractivity contribution in [1.29, 1.82) is 0 Å². The molecule has 0 radical (unpaired) electrons. The Kier molecular flexibility index (Phi) is 7.32. The Bertz CT molecular complexity index is 930. The zero-order valence-electron chi connectivity index (χ0n) is 16.4. The number of sulfonamides is 1. The topological polar surface area (TPSA) is 75.7 Å². The number of halogens is 1. The third kappa shape index (κ3) is 5.87. The maximum absolute atomic E-state index is 12.5. The van der Waals surface area contributed by atoms with Gasteiger partial charge in [-0.1, -0.05) is 23.7 Å². The summed E-state index contributed by atoms with van der Waals surface area (Å²) in [7, 11) is -3.65. The highest BCUT2D eigenvalue weighted by atomic mass is 35.5. The Balaban J connectivity index is 2.13. The number of hydrogen-bond donors (Lipinski definition) is 1. The molecular weight excluding hydrogens is 400 g/mol. The Labute approximate surface area is 171 Å². The number of ether oxygens (including phenoxy) is 1. The molecule has 0 saturated carbocycles. The van der Waals surface area contributed by atoms with Crippen LogP contribution in [0.15, 0.2) is 42.5 Å². The number of carbonyl (C=O) groups excluding carboxylic acids is 1. The summed E-state index contributed by atoms with van der Waals surface area (Å²) in [5, 5.41) is 3.34. The minimum absolute atomic E-state index is 0.282. The summed E-state index contributed by atoms with van der Waals surface area (Å²) in [5.74, 6) is 0.354. The van der Waals surface area contributed by atoms with Gasteiger partial charge < -0.3 is 10.1 Å². The SMILES string of the molecule is CCOc1ccc([C@@H](C)NC(=O)CN(c2ccc(Cl)cc2C)S(C)(=O)=O)cc1. The molecule has 0 heterocycles. The molecule has 28 heavy (non-hydrogen) atoms. The lowest BCUT2D eigenvalue weighted by Crippen LogP contribution is -2.41. The Morgan fingerprint density at radius 3 is 2.39 bits per heavy atom. The molecule has 0 bridgehead atoms. The summed E-state index contributed by atoms with van der Waals surface area (Å²) < 4.78 is 31.0. The first-order chi connectivity index (χ1) is 13.1. The molecule has 6 nitrogen and oxygen atoms in total. The van der Waals surface area contributed by atoms with Gasteiger partial charge >= 0.3 is 0 Å². The van der Waals surface area contributed by atoms with Crippen LogP contribution in [0.3, 0.4) is 0 Å². The predicted octanol–water partition coefficient (Wildman–Crippen LogP) is 3.69. The van der Waals surface area contributed by atoms with Crippen molar-refractivity contribution in [1.82, 2.24) is 5.32 Å². The number of rotatable bonds is 8. The Hall–Kier alpha value is -2.25. The average molecular weight is 425 g/mol. The van der Waals surface area contributed by atoms with Crippen LogP contribution in [0, 0.1) is 6.92 Å². The van der Waals surface area contributed by atoms with Crippen LogP contribution in [0.4, 0.5) is 5.69 Å². The largest absolute Gasteiger partial charge is 0.494 e. The van der Waals surface area contributed by atoms with Gasteiger partial charge in [-0.3, -0.25) is 9.10 Å². The number of nitrogens with zero attached hydrogens (tertiary/aromatic N) is 1. The fourth-order valence-electron chi connectivity index (χ4n) is 2.80. The van der Waals surface area contributed by atoms with Crippen LogP contribution >= 0.6 is 11.6 Å². The van der Waals surface area contributed by atoms with Crippen LogP contribution < -0.4 is 14.4 Å². The van der Waals surface area contributed by atoms with E-state index in [1.165, 1.54) is 0 Å². The monoisotopic (exact) mass is 424 g/mol. The normalized spacial score (nSPS) is 12.3. The number of benzene rings is 2. The lowest BCUT2D eigenvalue weighted by atomic mass is 10.1. The number of anilines is 1. The van der Waals surface area contributed by atoms with Gasteiger partial charge in [0.1, 0.15) is 12.3 Å². The summed E-state index contributed by atoms with van der Waals surface area (Å²) in [6, 6.07) is 12.0. The van der Waals surface area contributed by atoms with Gasteiger partial charge in [0.15, 0.2) is 0 Å². The van der Waals surface area contributed by atoms with E-state index in [0.29, 0.717) is 22.9 Å². The molecule has 0 fully saturated rings. The summed E-state index contributed by atoms with van der Waals surface area (Å²) in [5.41, 5.74) is 1.99. The maximum atomic E-state index is 12.5. The third-order valence-corrected chi connectivity index (χ3v) is 5.55. The predicted molar refractivity (Wildman–Crippen MR) is 113 cm³/mol. The smallest absolute Gasteiger partial charge is 0.241 e. The van der Waals surface area contributed by atoms with Gasteiger partial charge in [0.2, 0.25) is 15.9 Å². The van der Waals surface area contributed by atoms with E-state index in [1.54, 1.807) is 25.1 Å². The van der Waals surface area contributed by atoms with Gasteiger partial charge in [-0.25, -0.2) is 8.42 Å². The molecular formula is C20H25ClN2O4S. The molecule has 0 aliphatic carbocycles. The molecule has 8 heteroatoms. The van der Waals surface area contributed by atoms with E-state index in [-0.39, 0.29) is 12.6 Å². The second-order valence-corrected chi connectivity index (χ2v) is 8.83. The molecule has 152 valence electrons. The van der Waals surface area contributed by atoms with E-state index in [0.717, 1.165) is 21.9 Å². The standard InChI is InChI=1S/C20H25ClN2O4S/c1-5-27-18-9-6-16(7-10-18)15(3)22-20(24)13-23(28(4,25)26)19-11-8-17(21)12-14(19)2/h6-12,15H,5,13H2,1-4H3,(H,22,24)/t15-/m1/s1. The lowest BCUT2D eigenvalue weighted by molar-refractivity contribution is -0.120. The summed E-state index contributed by atoms with van der Waals surface area (Å²) >= 11 is 5.95. The zero-order chi connectivity index (χ0) is 20.9. The molecule has 0 aliphatic heterocycles. The molecule has 2 aromatic carbocycles. The number of carbonyl (C=O) groups is 1. The van der Waals surface area contributed by atoms with E-state index in [9.17, 15) is 13.2 Å². The van der Waals surface area contributed by atoms with E-state index in [2.05, 4.69) is 5.32 Å².